The summed E-state index contributed by atoms with van der Waals surface area (Å²) in [4.78, 5) is 14.7. The third-order valence-corrected chi connectivity index (χ3v) is 7.90. The van der Waals surface area contributed by atoms with E-state index < -0.39 is 10.0 Å². The van der Waals surface area contributed by atoms with Crippen LogP contribution in [0.2, 0.25) is 0 Å². The van der Waals surface area contributed by atoms with Crippen molar-refractivity contribution < 1.29 is 13.2 Å². The number of hydrogen-bond donors (Lipinski definition) is 0. The predicted octanol–water partition coefficient (Wildman–Crippen LogP) is 5.97. The molecule has 0 spiro atoms. The van der Waals surface area contributed by atoms with E-state index in [9.17, 15) is 13.2 Å². The minimum absolute atomic E-state index is 0.134. The van der Waals surface area contributed by atoms with Crippen molar-refractivity contribution in [1.82, 2.24) is 0 Å². The molecule has 1 aliphatic carbocycles. The summed E-state index contributed by atoms with van der Waals surface area (Å²) < 4.78 is 30.9. The Hall–Kier alpha value is -2.96. The minimum atomic E-state index is -3.98. The maximum Gasteiger partial charge on any atom is 0.283 e. The molecule has 162 valence electrons. The number of fused-ring (bicyclic) bond motifs is 1. The Labute approximate surface area is 193 Å². The fourth-order valence-electron chi connectivity index (χ4n) is 3.94. The zero-order valence-corrected chi connectivity index (χ0v) is 20.0. The molecule has 0 saturated carbocycles. The lowest BCUT2D eigenvalue weighted by Gasteiger charge is -2.18. The zero-order chi connectivity index (χ0) is 23.0. The number of carbonyl (C=O) groups excluding carboxylic acids is 1. The van der Waals surface area contributed by atoms with E-state index in [4.69, 9.17) is 0 Å². The van der Waals surface area contributed by atoms with E-state index in [1.54, 1.807) is 44.2 Å². The number of carbonyl (C=O) groups is 1. The molecule has 0 bridgehead atoms. The summed E-state index contributed by atoms with van der Waals surface area (Å²) in [5.74, 6) is -0.134. The van der Waals surface area contributed by atoms with Gasteiger partial charge < -0.3 is 0 Å². The Morgan fingerprint density at radius 2 is 1.38 bits per heavy atom. The first-order valence-electron chi connectivity index (χ1n) is 10.2. The van der Waals surface area contributed by atoms with Crippen molar-refractivity contribution in [3.05, 3.63) is 105 Å². The van der Waals surface area contributed by atoms with Crippen LogP contribution in [0, 0.1) is 27.7 Å². The number of benzene rings is 3. The number of Topliss-reactive ketones (excluding diaryl/α,β-unsaturated/α-hetero) is 1. The molecule has 0 amide bonds. The Morgan fingerprint density at radius 1 is 0.781 bits per heavy atom. The van der Waals surface area contributed by atoms with E-state index in [1.165, 1.54) is 11.8 Å². The van der Waals surface area contributed by atoms with Gasteiger partial charge in [-0.05, 0) is 57.0 Å². The van der Waals surface area contributed by atoms with Crippen molar-refractivity contribution in [3.63, 3.8) is 0 Å². The highest BCUT2D eigenvalue weighted by molar-refractivity contribution is 8.04. The molecule has 4 rings (SSSR count). The van der Waals surface area contributed by atoms with Crippen LogP contribution < -0.4 is 0 Å². The van der Waals surface area contributed by atoms with Crippen LogP contribution in [0.1, 0.15) is 38.2 Å². The molecule has 3 aromatic carbocycles. The number of hydrogen-bond acceptors (Lipinski definition) is 4. The normalized spacial score (nSPS) is 14.9. The summed E-state index contributed by atoms with van der Waals surface area (Å²) in [5.41, 5.74) is 4.69. The topological polar surface area (TPSA) is 63.6 Å². The maximum absolute atomic E-state index is 13.3. The smallest absolute Gasteiger partial charge is 0.283 e. The molecule has 32 heavy (non-hydrogen) atoms. The van der Waals surface area contributed by atoms with Gasteiger partial charge in [-0.3, -0.25) is 4.79 Å². The van der Waals surface area contributed by atoms with Gasteiger partial charge in [0.05, 0.1) is 15.5 Å². The second-order valence-corrected chi connectivity index (χ2v) is 10.6. The van der Waals surface area contributed by atoms with Crippen molar-refractivity contribution >= 4 is 33.3 Å². The van der Waals surface area contributed by atoms with Crippen molar-refractivity contribution in [2.45, 2.75) is 37.5 Å². The van der Waals surface area contributed by atoms with Gasteiger partial charge in [-0.25, -0.2) is 0 Å². The monoisotopic (exact) mass is 461 g/mol. The molecular formula is C26H23NO3S2. The first-order valence-corrected chi connectivity index (χ1v) is 12.4. The predicted molar refractivity (Wildman–Crippen MR) is 130 cm³/mol. The van der Waals surface area contributed by atoms with E-state index in [-0.39, 0.29) is 16.4 Å². The van der Waals surface area contributed by atoms with Gasteiger partial charge in [-0.2, -0.15) is 12.8 Å². The number of sulfonamides is 1. The standard InChI is InChI=1S/C26H23NO3S2/c1-16-9-11-20(12-10-16)31-24-15-23(21-7-5-6-8-22(21)25(24)28)27-32(29,30)26-18(3)13-17(2)14-19(26)4/h5-15H,1-4H3/b27-23-. The molecular weight excluding hydrogens is 438 g/mol. The van der Waals surface area contributed by atoms with Crippen LogP contribution in [0.4, 0.5) is 0 Å². The van der Waals surface area contributed by atoms with E-state index in [0.717, 1.165) is 16.0 Å². The minimum Gasteiger partial charge on any atom is -0.288 e. The van der Waals surface area contributed by atoms with Gasteiger partial charge in [0.1, 0.15) is 0 Å². The average molecular weight is 462 g/mol. The highest BCUT2D eigenvalue weighted by Crippen LogP contribution is 2.34. The highest BCUT2D eigenvalue weighted by Gasteiger charge is 2.27. The Kier molecular flexibility index (Phi) is 5.93. The lowest BCUT2D eigenvalue weighted by molar-refractivity contribution is 0.104. The molecule has 0 aromatic heterocycles. The fraction of sp³-hybridized carbons (Fsp3) is 0.154. The van der Waals surface area contributed by atoms with Crippen LogP contribution in [0.25, 0.3) is 0 Å². The Morgan fingerprint density at radius 3 is 2.00 bits per heavy atom. The largest absolute Gasteiger partial charge is 0.288 e. The van der Waals surface area contributed by atoms with Gasteiger partial charge in [0.2, 0.25) is 0 Å². The molecule has 0 atom stereocenters. The summed E-state index contributed by atoms with van der Waals surface area (Å²) in [6, 6.07) is 18.5. The number of allylic oxidation sites excluding steroid dienone is 2. The maximum atomic E-state index is 13.3. The molecule has 1 aliphatic rings. The second-order valence-electron chi connectivity index (χ2n) is 7.98. The number of aryl methyl sites for hydroxylation is 4. The summed E-state index contributed by atoms with van der Waals surface area (Å²) >= 11 is 1.31. The molecule has 0 N–H and O–H groups in total. The quantitative estimate of drug-likeness (QED) is 0.480. The molecule has 0 radical (unpaired) electrons. The molecule has 0 heterocycles. The molecule has 0 fully saturated rings. The lowest BCUT2D eigenvalue weighted by Crippen LogP contribution is -2.18. The third-order valence-electron chi connectivity index (χ3n) is 5.27. The van der Waals surface area contributed by atoms with E-state index in [2.05, 4.69) is 4.40 Å². The van der Waals surface area contributed by atoms with Crippen LogP contribution in [0.3, 0.4) is 0 Å². The van der Waals surface area contributed by atoms with E-state index in [0.29, 0.717) is 27.2 Å². The number of thioether (sulfide) groups is 1. The third kappa shape index (κ3) is 4.33. The van der Waals surface area contributed by atoms with Crippen LogP contribution >= 0.6 is 11.8 Å². The molecule has 0 saturated heterocycles. The van der Waals surface area contributed by atoms with Gasteiger partial charge in [-0.15, -0.1) is 0 Å². The summed E-state index contributed by atoms with van der Waals surface area (Å²) in [6.07, 6.45) is 1.59. The second kappa shape index (κ2) is 8.52. The number of rotatable bonds is 4. The van der Waals surface area contributed by atoms with Gasteiger partial charge in [0.25, 0.3) is 10.0 Å². The van der Waals surface area contributed by atoms with Gasteiger partial charge in [0, 0.05) is 16.0 Å². The van der Waals surface area contributed by atoms with Crippen molar-refractivity contribution in [3.8, 4) is 0 Å². The summed E-state index contributed by atoms with van der Waals surface area (Å²) in [5, 5.41) is 0. The SMILES string of the molecule is Cc1ccc(SC2=C/C(=N/S(=O)(=O)c3c(C)cc(C)cc3C)c3ccccc3C2=O)cc1. The van der Waals surface area contributed by atoms with Gasteiger partial charge >= 0.3 is 0 Å². The van der Waals surface area contributed by atoms with Gasteiger partial charge in [-0.1, -0.05) is 71.4 Å². The zero-order valence-electron chi connectivity index (χ0n) is 18.3. The van der Waals surface area contributed by atoms with E-state index in [1.807, 2.05) is 50.2 Å². The first-order chi connectivity index (χ1) is 15.2. The number of ketones is 1. The summed E-state index contributed by atoms with van der Waals surface area (Å²) in [6.45, 7) is 7.49. The fourth-order valence-corrected chi connectivity index (χ4v) is 6.27. The number of nitrogens with zero attached hydrogens (tertiary/aromatic N) is 1. The van der Waals surface area contributed by atoms with Crippen LogP contribution in [-0.4, -0.2) is 19.9 Å². The van der Waals surface area contributed by atoms with Gasteiger partial charge in [0.15, 0.2) is 5.78 Å². The van der Waals surface area contributed by atoms with Crippen LogP contribution in [0.5, 0.6) is 0 Å². The van der Waals surface area contributed by atoms with Crippen molar-refractivity contribution in [2.75, 3.05) is 0 Å². The lowest BCUT2D eigenvalue weighted by atomic mass is 9.94. The summed E-state index contributed by atoms with van der Waals surface area (Å²) in [7, 11) is -3.98. The molecule has 0 aliphatic heterocycles. The van der Waals surface area contributed by atoms with E-state index >= 15 is 0 Å². The van der Waals surface area contributed by atoms with Crippen molar-refractivity contribution in [1.29, 1.82) is 0 Å². The Balaban J connectivity index is 1.85. The molecule has 0 unspecified atom stereocenters. The van der Waals surface area contributed by atoms with Crippen LogP contribution in [-0.2, 0) is 10.0 Å². The van der Waals surface area contributed by atoms with Crippen LogP contribution in [0.15, 0.2) is 85.8 Å². The molecule has 6 heteroatoms. The Bertz CT molecular complexity index is 1380. The highest BCUT2D eigenvalue weighted by atomic mass is 32.2. The first kappa shape index (κ1) is 22.2. The average Bonchev–Trinajstić information content (AvgIpc) is 2.72. The molecule has 3 aromatic rings. The molecule has 4 nitrogen and oxygen atoms in total. The van der Waals surface area contributed by atoms with Crippen molar-refractivity contribution in [2.24, 2.45) is 4.40 Å².